The summed E-state index contributed by atoms with van der Waals surface area (Å²) in [4.78, 5) is 27.0. The summed E-state index contributed by atoms with van der Waals surface area (Å²) < 4.78 is 13.0. The molecule has 2 aromatic rings. The van der Waals surface area contributed by atoms with Crippen LogP contribution in [0.2, 0.25) is 0 Å². The molecule has 0 aromatic heterocycles. The number of likely N-dealkylation sites (tertiary alicyclic amines) is 1. The third-order valence-electron chi connectivity index (χ3n) is 5.16. The van der Waals surface area contributed by atoms with Crippen molar-refractivity contribution in [2.75, 3.05) is 19.6 Å². The van der Waals surface area contributed by atoms with Gasteiger partial charge in [-0.25, -0.2) is 4.39 Å². The van der Waals surface area contributed by atoms with Crippen molar-refractivity contribution in [3.05, 3.63) is 65.5 Å². The molecule has 1 N–H and O–H groups in total. The number of hydrogen-bond donors (Lipinski definition) is 1. The number of ketones is 2. The number of phenolic OH excluding ortho intramolecular Hbond substituents is 1. The first-order valence-corrected chi connectivity index (χ1v) is 9.38. The molecule has 2 aromatic carbocycles. The number of carbonyl (C=O) groups is 2. The summed E-state index contributed by atoms with van der Waals surface area (Å²) in [5.74, 6) is -0.752. The van der Waals surface area contributed by atoms with Gasteiger partial charge in [-0.1, -0.05) is 30.3 Å². The largest absolute Gasteiger partial charge is 0.507 e. The summed E-state index contributed by atoms with van der Waals surface area (Å²) in [5.41, 5.74) is 0.948. The topological polar surface area (TPSA) is 57.6 Å². The van der Waals surface area contributed by atoms with Crippen LogP contribution in [0.15, 0.2) is 48.5 Å². The summed E-state index contributed by atoms with van der Waals surface area (Å²) in [7, 11) is 0. The van der Waals surface area contributed by atoms with E-state index in [0.717, 1.165) is 44.1 Å². The van der Waals surface area contributed by atoms with Crippen molar-refractivity contribution >= 4 is 11.6 Å². The van der Waals surface area contributed by atoms with Gasteiger partial charge in [0.2, 0.25) is 0 Å². The highest BCUT2D eigenvalue weighted by atomic mass is 19.1. The van der Waals surface area contributed by atoms with Gasteiger partial charge in [0.15, 0.2) is 11.6 Å². The maximum atomic E-state index is 13.0. The Labute approximate surface area is 158 Å². The van der Waals surface area contributed by atoms with Crippen molar-refractivity contribution in [2.24, 2.45) is 5.92 Å². The molecule has 0 radical (unpaired) electrons. The summed E-state index contributed by atoms with van der Waals surface area (Å²) >= 11 is 0. The van der Waals surface area contributed by atoms with Gasteiger partial charge in [-0.05, 0) is 51.0 Å². The Hall–Kier alpha value is -2.53. The Morgan fingerprint density at radius 1 is 1.07 bits per heavy atom. The van der Waals surface area contributed by atoms with Crippen LogP contribution in [-0.2, 0) is 0 Å². The molecule has 0 spiro atoms. The van der Waals surface area contributed by atoms with E-state index in [0.29, 0.717) is 12.8 Å². The maximum Gasteiger partial charge on any atom is 0.166 e. The Morgan fingerprint density at radius 3 is 2.44 bits per heavy atom. The Bertz CT molecular complexity index is 798. The molecule has 5 heteroatoms. The lowest BCUT2D eigenvalue weighted by Crippen LogP contribution is -2.37. The van der Waals surface area contributed by atoms with E-state index >= 15 is 0 Å². The number of nitrogens with zero attached hydrogens (tertiary/aromatic N) is 1. The Kier molecular flexibility index (Phi) is 6.35. The van der Waals surface area contributed by atoms with Gasteiger partial charge in [0.25, 0.3) is 0 Å². The monoisotopic (exact) mass is 369 g/mol. The molecular weight excluding hydrogens is 345 g/mol. The molecule has 1 heterocycles. The molecule has 0 aliphatic carbocycles. The van der Waals surface area contributed by atoms with Gasteiger partial charge >= 0.3 is 0 Å². The highest BCUT2D eigenvalue weighted by Crippen LogP contribution is 2.23. The number of hydrogen-bond acceptors (Lipinski definition) is 4. The fourth-order valence-electron chi connectivity index (χ4n) is 3.60. The highest BCUT2D eigenvalue weighted by molar-refractivity contribution is 5.98. The van der Waals surface area contributed by atoms with Gasteiger partial charge in [-0.15, -0.1) is 0 Å². The number of Topliss-reactive ketones (excluding diaryl/α,β-unsaturated/α-hetero) is 2. The van der Waals surface area contributed by atoms with Crippen LogP contribution >= 0.6 is 0 Å². The van der Waals surface area contributed by atoms with Gasteiger partial charge in [0.1, 0.15) is 11.6 Å². The summed E-state index contributed by atoms with van der Waals surface area (Å²) in [6.45, 7) is 2.47. The molecular formula is C22H24FNO3. The zero-order chi connectivity index (χ0) is 19.2. The van der Waals surface area contributed by atoms with Gasteiger partial charge in [0, 0.05) is 24.0 Å². The lowest BCUT2D eigenvalue weighted by molar-refractivity contribution is 0.0837. The zero-order valence-electron chi connectivity index (χ0n) is 15.2. The van der Waals surface area contributed by atoms with Crippen LogP contribution in [0.25, 0.3) is 0 Å². The van der Waals surface area contributed by atoms with Gasteiger partial charge in [0.05, 0.1) is 5.56 Å². The van der Waals surface area contributed by atoms with Crippen molar-refractivity contribution in [3.8, 4) is 5.75 Å². The minimum Gasteiger partial charge on any atom is -0.507 e. The highest BCUT2D eigenvalue weighted by Gasteiger charge is 2.25. The number of benzene rings is 2. The third-order valence-corrected chi connectivity index (χ3v) is 5.16. The molecule has 3 rings (SSSR count). The fraction of sp³-hybridized carbons (Fsp3) is 0.364. The SMILES string of the molecule is O=C(CCCN1CCC(C(=O)c2ccccc2)CC1)c1ccc(F)cc1O. The van der Waals surface area contributed by atoms with E-state index in [2.05, 4.69) is 4.90 Å². The van der Waals surface area contributed by atoms with Crippen molar-refractivity contribution in [3.63, 3.8) is 0 Å². The van der Waals surface area contributed by atoms with Crippen LogP contribution < -0.4 is 0 Å². The predicted octanol–water partition coefficient (Wildman–Crippen LogP) is 4.09. The lowest BCUT2D eigenvalue weighted by Gasteiger charge is -2.31. The van der Waals surface area contributed by atoms with Crippen LogP contribution in [0.4, 0.5) is 4.39 Å². The summed E-state index contributed by atoms with van der Waals surface area (Å²) in [6, 6.07) is 12.9. The number of phenols is 1. The van der Waals surface area contributed by atoms with Gasteiger partial charge in [-0.3, -0.25) is 9.59 Å². The normalized spacial score (nSPS) is 15.6. The summed E-state index contributed by atoms with van der Waals surface area (Å²) in [6.07, 6.45) is 2.65. The van der Waals surface area contributed by atoms with Gasteiger partial charge < -0.3 is 10.0 Å². The number of rotatable bonds is 7. The molecule has 0 unspecified atom stereocenters. The number of carbonyl (C=O) groups excluding carboxylic acids is 2. The average molecular weight is 369 g/mol. The molecule has 1 fully saturated rings. The molecule has 1 saturated heterocycles. The van der Waals surface area contributed by atoms with Crippen molar-refractivity contribution in [2.45, 2.75) is 25.7 Å². The first-order valence-electron chi connectivity index (χ1n) is 9.38. The standard InChI is InChI=1S/C22H24FNO3/c23-18-8-9-19(21(26)15-18)20(25)7-4-12-24-13-10-17(11-14-24)22(27)16-5-2-1-3-6-16/h1-3,5-6,8-9,15,17,26H,4,7,10-14H2. The Balaban J connectivity index is 1.42. The molecule has 0 saturated carbocycles. The lowest BCUT2D eigenvalue weighted by atomic mass is 9.89. The Morgan fingerprint density at radius 2 is 1.78 bits per heavy atom. The average Bonchev–Trinajstić information content (AvgIpc) is 2.68. The zero-order valence-corrected chi connectivity index (χ0v) is 15.2. The van der Waals surface area contributed by atoms with E-state index in [1.165, 1.54) is 12.1 Å². The van der Waals surface area contributed by atoms with Crippen LogP contribution in [0.1, 0.15) is 46.4 Å². The molecule has 1 aliphatic rings. The second-order valence-corrected chi connectivity index (χ2v) is 7.03. The number of aromatic hydroxyl groups is 1. The molecule has 0 bridgehead atoms. The van der Waals surface area contributed by atoms with Gasteiger partial charge in [-0.2, -0.15) is 0 Å². The molecule has 4 nitrogen and oxygen atoms in total. The van der Waals surface area contributed by atoms with E-state index in [1.54, 1.807) is 0 Å². The van der Waals surface area contributed by atoms with Crippen LogP contribution in [0.5, 0.6) is 5.75 Å². The third kappa shape index (κ3) is 5.01. The van der Waals surface area contributed by atoms with E-state index in [1.807, 2.05) is 30.3 Å². The summed E-state index contributed by atoms with van der Waals surface area (Å²) in [5, 5.41) is 9.68. The van der Waals surface area contributed by atoms with Crippen molar-refractivity contribution < 1.29 is 19.1 Å². The molecule has 142 valence electrons. The minimum atomic E-state index is -0.558. The second kappa shape index (κ2) is 8.91. The number of halogens is 1. The maximum absolute atomic E-state index is 13.0. The van der Waals surface area contributed by atoms with E-state index in [4.69, 9.17) is 0 Å². The first kappa shape index (κ1) is 19.2. The van der Waals surface area contributed by atoms with E-state index in [9.17, 15) is 19.1 Å². The molecule has 27 heavy (non-hydrogen) atoms. The number of piperidine rings is 1. The fourth-order valence-corrected chi connectivity index (χ4v) is 3.60. The van der Waals surface area contributed by atoms with E-state index < -0.39 is 5.82 Å². The van der Waals surface area contributed by atoms with E-state index in [-0.39, 0.29) is 28.8 Å². The molecule has 0 atom stereocenters. The second-order valence-electron chi connectivity index (χ2n) is 7.03. The quantitative estimate of drug-likeness (QED) is 0.747. The smallest absolute Gasteiger partial charge is 0.166 e. The molecule has 0 amide bonds. The van der Waals surface area contributed by atoms with Crippen LogP contribution in [0.3, 0.4) is 0 Å². The van der Waals surface area contributed by atoms with Crippen LogP contribution in [-0.4, -0.2) is 41.2 Å². The van der Waals surface area contributed by atoms with Crippen LogP contribution in [0, 0.1) is 11.7 Å². The predicted molar refractivity (Wildman–Crippen MR) is 102 cm³/mol. The molecule has 1 aliphatic heterocycles. The van der Waals surface area contributed by atoms with Crippen molar-refractivity contribution in [1.29, 1.82) is 0 Å². The minimum absolute atomic E-state index is 0.0708. The van der Waals surface area contributed by atoms with Crippen molar-refractivity contribution in [1.82, 2.24) is 4.90 Å². The first-order chi connectivity index (χ1) is 13.0.